The van der Waals surface area contributed by atoms with Crippen LogP contribution in [0.3, 0.4) is 0 Å². The van der Waals surface area contributed by atoms with E-state index in [1.165, 1.54) is 12.0 Å². The second kappa shape index (κ2) is 8.00. The molecule has 6 heteroatoms. The minimum absolute atomic E-state index is 0.228. The number of nitrogens with one attached hydrogen (secondary N) is 1. The molecule has 28 heavy (non-hydrogen) atoms. The minimum Gasteiger partial charge on any atom is -0.369 e. The normalized spacial score (nSPS) is 17.1. The van der Waals surface area contributed by atoms with E-state index < -0.39 is 0 Å². The van der Waals surface area contributed by atoms with Crippen LogP contribution in [0.5, 0.6) is 0 Å². The van der Waals surface area contributed by atoms with Gasteiger partial charge in [-0.15, -0.1) is 0 Å². The van der Waals surface area contributed by atoms with Crippen LogP contribution in [0.15, 0.2) is 42.9 Å². The third kappa shape index (κ3) is 3.86. The van der Waals surface area contributed by atoms with Gasteiger partial charge in [0.1, 0.15) is 11.5 Å². The number of rotatable bonds is 5. The number of aromatic nitrogens is 3. The molecule has 1 aromatic carbocycles. The van der Waals surface area contributed by atoms with Gasteiger partial charge in [0.2, 0.25) is 5.91 Å². The number of carbonyl (C=O) groups excluding carboxylic acids is 1. The number of benzene rings is 1. The predicted octanol–water partition coefficient (Wildman–Crippen LogP) is 3.77. The van der Waals surface area contributed by atoms with Crippen molar-refractivity contribution in [3.8, 4) is 11.3 Å². The standard InChI is InChI=1S/C22H27N5O/c1-16-5-3-7-18(13-16)21-22(27-12-10-23-14-19(27)25-21)24-9-8-20(28)26-11-4-6-17(2)15-26/h3,5,7,10,12-14,17,24H,4,6,8-9,11,15H2,1-2H3. The Balaban J connectivity index is 1.53. The van der Waals surface area contributed by atoms with E-state index in [0.717, 1.165) is 42.2 Å². The molecule has 0 radical (unpaired) electrons. The quantitative estimate of drug-likeness (QED) is 0.735. The molecule has 1 amide bonds. The third-order valence-electron chi connectivity index (χ3n) is 5.36. The van der Waals surface area contributed by atoms with Crippen molar-refractivity contribution >= 4 is 17.4 Å². The molecule has 1 aliphatic rings. The highest BCUT2D eigenvalue weighted by atomic mass is 16.2. The van der Waals surface area contributed by atoms with Crippen molar-refractivity contribution in [2.45, 2.75) is 33.1 Å². The molecule has 2 aromatic heterocycles. The molecule has 3 heterocycles. The number of fused-ring (bicyclic) bond motifs is 1. The first-order chi connectivity index (χ1) is 13.6. The van der Waals surface area contributed by atoms with Gasteiger partial charge in [-0.1, -0.05) is 30.7 Å². The Labute approximate surface area is 165 Å². The van der Waals surface area contributed by atoms with E-state index >= 15 is 0 Å². The van der Waals surface area contributed by atoms with Crippen molar-refractivity contribution in [3.63, 3.8) is 0 Å². The Morgan fingerprint density at radius 3 is 3.07 bits per heavy atom. The van der Waals surface area contributed by atoms with Crippen LogP contribution in [0, 0.1) is 12.8 Å². The molecule has 1 fully saturated rings. The number of hydrogen-bond acceptors (Lipinski definition) is 4. The molecule has 146 valence electrons. The topological polar surface area (TPSA) is 62.5 Å². The van der Waals surface area contributed by atoms with E-state index in [-0.39, 0.29) is 5.91 Å². The lowest BCUT2D eigenvalue weighted by Crippen LogP contribution is -2.39. The predicted molar refractivity (Wildman–Crippen MR) is 111 cm³/mol. The van der Waals surface area contributed by atoms with Crippen molar-refractivity contribution in [2.75, 3.05) is 25.0 Å². The summed E-state index contributed by atoms with van der Waals surface area (Å²) in [6.45, 7) is 6.65. The maximum Gasteiger partial charge on any atom is 0.224 e. The molecule has 1 N–H and O–H groups in total. The van der Waals surface area contributed by atoms with Gasteiger partial charge < -0.3 is 10.2 Å². The van der Waals surface area contributed by atoms with Crippen molar-refractivity contribution < 1.29 is 4.79 Å². The molecule has 1 atom stereocenters. The second-order valence-corrected chi connectivity index (χ2v) is 7.75. The molecule has 0 bridgehead atoms. The first kappa shape index (κ1) is 18.5. The van der Waals surface area contributed by atoms with Gasteiger partial charge in [-0.3, -0.25) is 14.2 Å². The summed E-state index contributed by atoms with van der Waals surface area (Å²) in [5.41, 5.74) is 3.92. The van der Waals surface area contributed by atoms with Gasteiger partial charge in [0.15, 0.2) is 5.65 Å². The molecular formula is C22H27N5O. The van der Waals surface area contributed by atoms with Crippen molar-refractivity contribution in [2.24, 2.45) is 5.92 Å². The lowest BCUT2D eigenvalue weighted by molar-refractivity contribution is -0.132. The summed E-state index contributed by atoms with van der Waals surface area (Å²) in [4.78, 5) is 23.5. The zero-order valence-corrected chi connectivity index (χ0v) is 16.6. The van der Waals surface area contributed by atoms with Crippen LogP contribution < -0.4 is 5.32 Å². The average molecular weight is 377 g/mol. The fourth-order valence-corrected chi connectivity index (χ4v) is 3.93. The Hall–Kier alpha value is -2.89. The number of nitrogens with zero attached hydrogens (tertiary/aromatic N) is 4. The second-order valence-electron chi connectivity index (χ2n) is 7.75. The van der Waals surface area contributed by atoms with Gasteiger partial charge in [0.25, 0.3) is 0 Å². The zero-order chi connectivity index (χ0) is 19.5. The van der Waals surface area contributed by atoms with E-state index in [2.05, 4.69) is 42.3 Å². The van der Waals surface area contributed by atoms with E-state index in [4.69, 9.17) is 4.98 Å². The third-order valence-corrected chi connectivity index (χ3v) is 5.36. The molecule has 0 saturated carbocycles. The number of aryl methyl sites for hydroxylation is 1. The Bertz CT molecular complexity index is 980. The summed E-state index contributed by atoms with van der Waals surface area (Å²) < 4.78 is 2.00. The maximum absolute atomic E-state index is 12.6. The molecule has 0 spiro atoms. The highest BCUT2D eigenvalue weighted by molar-refractivity contribution is 5.79. The van der Waals surface area contributed by atoms with E-state index in [1.807, 2.05) is 21.6 Å². The van der Waals surface area contributed by atoms with Crippen LogP contribution in [-0.4, -0.2) is 44.8 Å². The number of piperidine rings is 1. The fraction of sp³-hybridized carbons (Fsp3) is 0.409. The van der Waals surface area contributed by atoms with Crippen LogP contribution in [-0.2, 0) is 4.79 Å². The molecule has 3 aromatic rings. The summed E-state index contributed by atoms with van der Waals surface area (Å²) in [5, 5.41) is 3.46. The summed E-state index contributed by atoms with van der Waals surface area (Å²) in [6.07, 6.45) is 8.22. The smallest absolute Gasteiger partial charge is 0.224 e. The number of likely N-dealkylation sites (tertiary alicyclic amines) is 1. The first-order valence-corrected chi connectivity index (χ1v) is 10.0. The van der Waals surface area contributed by atoms with Gasteiger partial charge in [-0.05, 0) is 31.7 Å². The lowest BCUT2D eigenvalue weighted by Gasteiger charge is -2.31. The van der Waals surface area contributed by atoms with E-state index in [1.54, 1.807) is 12.4 Å². The number of imidazole rings is 1. The van der Waals surface area contributed by atoms with Gasteiger partial charge >= 0.3 is 0 Å². The number of hydrogen-bond donors (Lipinski definition) is 1. The van der Waals surface area contributed by atoms with E-state index in [9.17, 15) is 4.79 Å². The largest absolute Gasteiger partial charge is 0.369 e. The molecule has 1 aliphatic heterocycles. The van der Waals surface area contributed by atoms with Crippen molar-refractivity contribution in [1.29, 1.82) is 0 Å². The highest BCUT2D eigenvalue weighted by Gasteiger charge is 2.21. The van der Waals surface area contributed by atoms with Crippen LogP contribution in [0.25, 0.3) is 16.9 Å². The number of amides is 1. The van der Waals surface area contributed by atoms with Gasteiger partial charge in [-0.2, -0.15) is 0 Å². The SMILES string of the molecule is Cc1cccc(-c2nc3cnccn3c2NCCC(=O)N2CCCC(C)C2)c1. The van der Waals surface area contributed by atoms with E-state index in [0.29, 0.717) is 18.9 Å². The summed E-state index contributed by atoms with van der Waals surface area (Å²) in [5.74, 6) is 1.74. The maximum atomic E-state index is 12.6. The van der Waals surface area contributed by atoms with Crippen LogP contribution in [0.2, 0.25) is 0 Å². The van der Waals surface area contributed by atoms with Gasteiger partial charge in [0.05, 0.1) is 6.20 Å². The Kier molecular flexibility index (Phi) is 5.28. The zero-order valence-electron chi connectivity index (χ0n) is 16.6. The lowest BCUT2D eigenvalue weighted by atomic mass is 10.00. The molecule has 6 nitrogen and oxygen atoms in total. The molecular weight excluding hydrogens is 350 g/mol. The monoisotopic (exact) mass is 377 g/mol. The van der Waals surface area contributed by atoms with Crippen LogP contribution >= 0.6 is 0 Å². The highest BCUT2D eigenvalue weighted by Crippen LogP contribution is 2.29. The van der Waals surface area contributed by atoms with Gasteiger partial charge in [-0.25, -0.2) is 4.98 Å². The van der Waals surface area contributed by atoms with Crippen molar-refractivity contribution in [1.82, 2.24) is 19.3 Å². The van der Waals surface area contributed by atoms with Crippen molar-refractivity contribution in [3.05, 3.63) is 48.4 Å². The molecule has 1 unspecified atom stereocenters. The average Bonchev–Trinajstić information content (AvgIpc) is 3.07. The minimum atomic E-state index is 0.228. The first-order valence-electron chi connectivity index (χ1n) is 10.0. The number of anilines is 1. The fourth-order valence-electron chi connectivity index (χ4n) is 3.93. The summed E-state index contributed by atoms with van der Waals surface area (Å²) in [7, 11) is 0. The molecule has 4 rings (SSSR count). The summed E-state index contributed by atoms with van der Waals surface area (Å²) in [6, 6.07) is 8.30. The number of carbonyl (C=O) groups is 1. The van der Waals surface area contributed by atoms with Crippen LogP contribution in [0.1, 0.15) is 31.7 Å². The van der Waals surface area contributed by atoms with Crippen LogP contribution in [0.4, 0.5) is 5.82 Å². The summed E-state index contributed by atoms with van der Waals surface area (Å²) >= 11 is 0. The van der Waals surface area contributed by atoms with Gasteiger partial charge in [0, 0.05) is 44.0 Å². The Morgan fingerprint density at radius 1 is 1.36 bits per heavy atom. The Morgan fingerprint density at radius 2 is 2.25 bits per heavy atom. The molecule has 0 aliphatic carbocycles. The molecule has 1 saturated heterocycles.